The summed E-state index contributed by atoms with van der Waals surface area (Å²) in [5, 5.41) is 27.6. The summed E-state index contributed by atoms with van der Waals surface area (Å²) in [6.07, 6.45) is 0.687. The molecule has 6 heteroatoms. The first kappa shape index (κ1) is 15.2. The van der Waals surface area contributed by atoms with Crippen LogP contribution in [0.4, 0.5) is 0 Å². The van der Waals surface area contributed by atoms with Crippen LogP contribution in [0.5, 0.6) is 0 Å². The Morgan fingerprint density at radius 1 is 1.24 bits per heavy atom. The summed E-state index contributed by atoms with van der Waals surface area (Å²) < 4.78 is 0. The maximum Gasteiger partial charge on any atom is 0.328 e. The average molecular weight is 291 g/mol. The number of amides is 1. The zero-order valence-electron chi connectivity index (χ0n) is 11.6. The fourth-order valence-electron chi connectivity index (χ4n) is 2.27. The Morgan fingerprint density at radius 3 is 2.38 bits per heavy atom. The van der Waals surface area contributed by atoms with Crippen LogP contribution in [0.1, 0.15) is 21.5 Å². The smallest absolute Gasteiger partial charge is 0.328 e. The van der Waals surface area contributed by atoms with Crippen LogP contribution in [-0.4, -0.2) is 57.4 Å². The number of aliphatic hydroxyl groups excluding tert-OH is 2. The van der Waals surface area contributed by atoms with Crippen molar-refractivity contribution in [2.24, 2.45) is 0 Å². The lowest BCUT2D eigenvalue weighted by Gasteiger charge is -2.16. The molecular weight excluding hydrogens is 274 g/mol. The largest absolute Gasteiger partial charge is 0.478 e. The molecule has 0 bridgehead atoms. The fraction of sp³-hybridized carbons (Fsp3) is 0.333. The number of benzene rings is 1. The Balaban J connectivity index is 2.16. The third-order valence-corrected chi connectivity index (χ3v) is 3.47. The van der Waals surface area contributed by atoms with Gasteiger partial charge in [0.25, 0.3) is 5.91 Å². The van der Waals surface area contributed by atoms with Gasteiger partial charge in [-0.1, -0.05) is 6.07 Å². The second-order valence-corrected chi connectivity index (χ2v) is 5.09. The van der Waals surface area contributed by atoms with Gasteiger partial charge in [-0.05, 0) is 36.3 Å². The van der Waals surface area contributed by atoms with Crippen LogP contribution in [0, 0.1) is 6.92 Å². The number of carbonyl (C=O) groups is 2. The number of nitrogens with zero attached hydrogens (tertiary/aromatic N) is 1. The lowest BCUT2D eigenvalue weighted by atomic mass is 10.0. The molecule has 1 aliphatic rings. The van der Waals surface area contributed by atoms with Gasteiger partial charge in [0.2, 0.25) is 0 Å². The van der Waals surface area contributed by atoms with Crippen molar-refractivity contribution in [2.45, 2.75) is 19.1 Å². The predicted molar refractivity (Wildman–Crippen MR) is 75.8 cm³/mol. The van der Waals surface area contributed by atoms with E-state index in [-0.39, 0.29) is 19.0 Å². The topological polar surface area (TPSA) is 98.1 Å². The van der Waals surface area contributed by atoms with Crippen molar-refractivity contribution < 1.29 is 24.9 Å². The van der Waals surface area contributed by atoms with Gasteiger partial charge < -0.3 is 20.2 Å². The van der Waals surface area contributed by atoms with Crippen molar-refractivity contribution in [3.05, 3.63) is 41.0 Å². The fourth-order valence-corrected chi connectivity index (χ4v) is 2.27. The van der Waals surface area contributed by atoms with E-state index in [2.05, 4.69) is 0 Å². The molecule has 0 saturated carbocycles. The molecule has 1 heterocycles. The molecule has 3 N–H and O–H groups in total. The second-order valence-electron chi connectivity index (χ2n) is 5.09. The molecular formula is C15H17NO5. The standard InChI is InChI=1S/C15H17NO5/c1-9-6-11(3-2-10(9)4-5-14(19)20)15(21)16-7-12(17)13(18)8-16/h2-6,12-13,17-18H,7-8H2,1H3,(H,19,20)/b5-4+. The van der Waals surface area contributed by atoms with E-state index in [1.54, 1.807) is 25.1 Å². The Hall–Kier alpha value is -2.18. The van der Waals surface area contributed by atoms with E-state index >= 15 is 0 Å². The number of β-amino-alcohol motifs (C(OH)–C–C–N with tert-alkyl or cyclic N) is 2. The molecule has 0 aromatic heterocycles. The first-order chi connectivity index (χ1) is 9.88. The van der Waals surface area contributed by atoms with Crippen LogP contribution in [0.3, 0.4) is 0 Å². The summed E-state index contributed by atoms with van der Waals surface area (Å²) in [6.45, 7) is 2.01. The molecule has 1 amide bonds. The van der Waals surface area contributed by atoms with Gasteiger partial charge in [0.15, 0.2) is 0 Å². The number of likely N-dealkylation sites (tertiary alicyclic amines) is 1. The van der Waals surface area contributed by atoms with Gasteiger partial charge >= 0.3 is 5.97 Å². The molecule has 0 radical (unpaired) electrons. The number of carboxylic acids is 1. The van der Waals surface area contributed by atoms with Crippen molar-refractivity contribution in [3.8, 4) is 0 Å². The Kier molecular flexibility index (Phi) is 4.40. The number of carbonyl (C=O) groups excluding carboxylic acids is 1. The minimum absolute atomic E-state index is 0.111. The molecule has 1 fully saturated rings. The molecule has 1 aromatic rings. The molecule has 2 unspecified atom stereocenters. The van der Waals surface area contributed by atoms with Gasteiger partial charge in [-0.2, -0.15) is 0 Å². The number of aliphatic carboxylic acids is 1. The van der Waals surface area contributed by atoms with Crippen LogP contribution >= 0.6 is 0 Å². The molecule has 2 atom stereocenters. The summed E-state index contributed by atoms with van der Waals surface area (Å²) in [4.78, 5) is 24.2. The van der Waals surface area contributed by atoms with Crippen LogP contribution in [0.2, 0.25) is 0 Å². The van der Waals surface area contributed by atoms with Gasteiger partial charge in [-0.25, -0.2) is 4.79 Å². The highest BCUT2D eigenvalue weighted by molar-refractivity contribution is 5.95. The molecule has 1 aliphatic heterocycles. The van der Waals surface area contributed by atoms with Crippen molar-refractivity contribution >= 4 is 18.0 Å². The molecule has 0 spiro atoms. The van der Waals surface area contributed by atoms with E-state index < -0.39 is 18.2 Å². The van der Waals surface area contributed by atoms with Crippen LogP contribution in [0.15, 0.2) is 24.3 Å². The van der Waals surface area contributed by atoms with Crippen molar-refractivity contribution in [1.82, 2.24) is 4.90 Å². The van der Waals surface area contributed by atoms with E-state index in [1.807, 2.05) is 0 Å². The minimum atomic E-state index is -1.03. The molecule has 0 aliphatic carbocycles. The summed E-state index contributed by atoms with van der Waals surface area (Å²) in [7, 11) is 0. The van der Waals surface area contributed by atoms with E-state index in [0.29, 0.717) is 5.56 Å². The van der Waals surface area contributed by atoms with E-state index in [9.17, 15) is 19.8 Å². The summed E-state index contributed by atoms with van der Waals surface area (Å²) in [5.74, 6) is -1.29. The highest BCUT2D eigenvalue weighted by Gasteiger charge is 2.32. The minimum Gasteiger partial charge on any atom is -0.478 e. The molecule has 6 nitrogen and oxygen atoms in total. The third kappa shape index (κ3) is 3.48. The maximum atomic E-state index is 12.3. The van der Waals surface area contributed by atoms with E-state index in [0.717, 1.165) is 17.2 Å². The zero-order valence-corrected chi connectivity index (χ0v) is 11.6. The third-order valence-electron chi connectivity index (χ3n) is 3.47. The van der Waals surface area contributed by atoms with Gasteiger partial charge in [0.05, 0.1) is 12.2 Å². The maximum absolute atomic E-state index is 12.3. The highest BCUT2D eigenvalue weighted by atomic mass is 16.4. The molecule has 112 valence electrons. The molecule has 2 rings (SSSR count). The number of rotatable bonds is 3. The van der Waals surface area contributed by atoms with Crippen LogP contribution in [-0.2, 0) is 4.79 Å². The highest BCUT2D eigenvalue weighted by Crippen LogP contribution is 2.18. The Labute approximate surface area is 121 Å². The summed E-state index contributed by atoms with van der Waals surface area (Å²) >= 11 is 0. The van der Waals surface area contributed by atoms with Gasteiger partial charge in [0.1, 0.15) is 0 Å². The van der Waals surface area contributed by atoms with Crippen molar-refractivity contribution in [3.63, 3.8) is 0 Å². The predicted octanol–water partition coefficient (Wildman–Crippen LogP) is 0.270. The SMILES string of the molecule is Cc1cc(C(=O)N2CC(O)C(O)C2)ccc1/C=C/C(=O)O. The van der Waals surface area contributed by atoms with Crippen LogP contribution in [0.25, 0.3) is 6.08 Å². The number of hydrogen-bond donors (Lipinski definition) is 3. The van der Waals surface area contributed by atoms with Gasteiger partial charge in [-0.3, -0.25) is 4.79 Å². The van der Waals surface area contributed by atoms with Crippen LogP contribution < -0.4 is 0 Å². The normalized spacial score (nSPS) is 22.0. The van der Waals surface area contributed by atoms with Crippen molar-refractivity contribution in [1.29, 1.82) is 0 Å². The number of hydrogen-bond acceptors (Lipinski definition) is 4. The first-order valence-corrected chi connectivity index (χ1v) is 6.55. The van der Waals surface area contributed by atoms with Crippen molar-refractivity contribution in [2.75, 3.05) is 13.1 Å². The lowest BCUT2D eigenvalue weighted by Crippen LogP contribution is -2.29. The quantitative estimate of drug-likeness (QED) is 0.694. The summed E-state index contributed by atoms with van der Waals surface area (Å²) in [5.41, 5.74) is 1.94. The first-order valence-electron chi connectivity index (χ1n) is 6.55. The Morgan fingerprint density at radius 2 is 1.86 bits per heavy atom. The average Bonchev–Trinajstić information content (AvgIpc) is 2.76. The summed E-state index contributed by atoms with van der Waals surface area (Å²) in [6, 6.07) is 4.94. The zero-order chi connectivity index (χ0) is 15.6. The molecule has 1 aromatic carbocycles. The van der Waals surface area contributed by atoms with Gasteiger partial charge in [0, 0.05) is 24.7 Å². The van der Waals surface area contributed by atoms with E-state index in [1.165, 1.54) is 11.0 Å². The molecule has 1 saturated heterocycles. The lowest BCUT2D eigenvalue weighted by molar-refractivity contribution is -0.131. The monoisotopic (exact) mass is 291 g/mol. The number of carboxylic acid groups (broad SMARTS) is 1. The second kappa shape index (κ2) is 6.07. The Bertz CT molecular complexity index is 586. The number of aliphatic hydroxyl groups is 2. The molecule has 21 heavy (non-hydrogen) atoms. The number of aryl methyl sites for hydroxylation is 1. The van der Waals surface area contributed by atoms with Gasteiger partial charge in [-0.15, -0.1) is 0 Å². The van der Waals surface area contributed by atoms with E-state index in [4.69, 9.17) is 5.11 Å².